The zero-order valence-electron chi connectivity index (χ0n) is 7.20. The van der Waals surface area contributed by atoms with Crippen molar-refractivity contribution in [1.29, 1.82) is 0 Å². The molecule has 0 bridgehead atoms. The first-order valence-electron chi connectivity index (χ1n) is 3.93. The van der Waals surface area contributed by atoms with Gasteiger partial charge in [-0.05, 0) is 18.2 Å². The van der Waals surface area contributed by atoms with Gasteiger partial charge in [0.1, 0.15) is 0 Å². The normalized spacial score (nSPS) is 10.4. The van der Waals surface area contributed by atoms with Crippen LogP contribution in [-0.4, -0.2) is 4.98 Å². The van der Waals surface area contributed by atoms with Gasteiger partial charge in [-0.15, -0.1) is 11.3 Å². The summed E-state index contributed by atoms with van der Waals surface area (Å²) in [6, 6.07) is 4.95. The van der Waals surface area contributed by atoms with Crippen LogP contribution >= 0.6 is 11.3 Å². The fourth-order valence-corrected chi connectivity index (χ4v) is 1.85. The number of hydrogen-bond acceptors (Lipinski definition) is 4. The molecular weight excluding hydrogens is 201 g/mol. The zero-order valence-corrected chi connectivity index (χ0v) is 8.01. The first kappa shape index (κ1) is 8.96. The summed E-state index contributed by atoms with van der Waals surface area (Å²) in [7, 11) is 0. The van der Waals surface area contributed by atoms with Crippen LogP contribution in [0.1, 0.15) is 0 Å². The predicted molar refractivity (Wildman–Crippen MR) is 56.3 cm³/mol. The van der Waals surface area contributed by atoms with E-state index in [1.165, 1.54) is 23.6 Å². The molecule has 5 heteroatoms. The molecule has 2 aromatic rings. The summed E-state index contributed by atoms with van der Waals surface area (Å²) < 4.78 is 13.1. The van der Waals surface area contributed by atoms with Crippen LogP contribution in [0.3, 0.4) is 0 Å². The summed E-state index contributed by atoms with van der Waals surface area (Å²) in [6.45, 7) is 0. The lowest BCUT2D eigenvalue weighted by Crippen LogP contribution is -1.94. The van der Waals surface area contributed by atoms with E-state index in [2.05, 4.69) is 4.98 Å². The van der Waals surface area contributed by atoms with Gasteiger partial charge < -0.3 is 11.5 Å². The van der Waals surface area contributed by atoms with E-state index in [1.807, 2.05) is 6.07 Å². The third-order valence-corrected chi connectivity index (χ3v) is 2.74. The van der Waals surface area contributed by atoms with Gasteiger partial charge in [-0.1, -0.05) is 0 Å². The quantitative estimate of drug-likeness (QED) is 0.756. The number of halogens is 1. The maximum absolute atomic E-state index is 13.1. The molecule has 14 heavy (non-hydrogen) atoms. The van der Waals surface area contributed by atoms with Crippen molar-refractivity contribution in [2.45, 2.75) is 0 Å². The molecule has 0 unspecified atom stereocenters. The van der Waals surface area contributed by atoms with Gasteiger partial charge in [-0.25, -0.2) is 9.37 Å². The lowest BCUT2D eigenvalue weighted by Gasteiger charge is -1.98. The standard InChI is InChI=1S/C9H8FN3S/c10-6-3-5(4-13-9(6)12)7-1-2-8(11)14-7/h1-4H,11H2,(H2,12,13). The highest BCUT2D eigenvalue weighted by Crippen LogP contribution is 2.29. The van der Waals surface area contributed by atoms with Crippen LogP contribution in [-0.2, 0) is 0 Å². The van der Waals surface area contributed by atoms with Crippen LogP contribution in [0.2, 0.25) is 0 Å². The van der Waals surface area contributed by atoms with E-state index in [4.69, 9.17) is 11.5 Å². The average molecular weight is 209 g/mol. The molecule has 0 saturated heterocycles. The average Bonchev–Trinajstić information content (AvgIpc) is 2.57. The summed E-state index contributed by atoms with van der Waals surface area (Å²) in [5.41, 5.74) is 11.5. The predicted octanol–water partition coefficient (Wildman–Crippen LogP) is 2.11. The minimum atomic E-state index is -0.505. The van der Waals surface area contributed by atoms with Gasteiger partial charge in [0.15, 0.2) is 11.6 Å². The van der Waals surface area contributed by atoms with Crippen LogP contribution in [0.4, 0.5) is 15.2 Å². The summed E-state index contributed by atoms with van der Waals surface area (Å²) in [5, 5.41) is 0.692. The molecule has 0 aliphatic carbocycles. The molecule has 0 amide bonds. The number of hydrogen-bond donors (Lipinski definition) is 2. The van der Waals surface area contributed by atoms with Crippen LogP contribution < -0.4 is 11.5 Å². The molecule has 0 fully saturated rings. The number of nitrogen functional groups attached to an aromatic ring is 2. The Morgan fingerprint density at radius 1 is 1.29 bits per heavy atom. The van der Waals surface area contributed by atoms with Crippen molar-refractivity contribution in [1.82, 2.24) is 4.98 Å². The van der Waals surface area contributed by atoms with Crippen molar-refractivity contribution in [2.75, 3.05) is 11.5 Å². The number of pyridine rings is 1. The molecule has 0 spiro atoms. The Morgan fingerprint density at radius 2 is 2.07 bits per heavy atom. The molecule has 2 rings (SSSR count). The third-order valence-electron chi connectivity index (χ3n) is 1.78. The van der Waals surface area contributed by atoms with Gasteiger partial charge in [0, 0.05) is 16.6 Å². The van der Waals surface area contributed by atoms with Gasteiger partial charge in [0.25, 0.3) is 0 Å². The molecule has 72 valence electrons. The van der Waals surface area contributed by atoms with Gasteiger partial charge in [-0.3, -0.25) is 0 Å². The summed E-state index contributed by atoms with van der Waals surface area (Å²) in [4.78, 5) is 4.62. The van der Waals surface area contributed by atoms with Gasteiger partial charge >= 0.3 is 0 Å². The van der Waals surface area contributed by atoms with E-state index >= 15 is 0 Å². The summed E-state index contributed by atoms with van der Waals surface area (Å²) in [5.74, 6) is -0.590. The lowest BCUT2D eigenvalue weighted by molar-refractivity contribution is 0.628. The molecule has 0 saturated carbocycles. The maximum atomic E-state index is 13.1. The van der Waals surface area contributed by atoms with Crippen LogP contribution in [0, 0.1) is 5.82 Å². The van der Waals surface area contributed by atoms with Gasteiger partial charge in [0.2, 0.25) is 0 Å². The van der Waals surface area contributed by atoms with E-state index in [0.29, 0.717) is 10.6 Å². The number of aromatic nitrogens is 1. The third kappa shape index (κ3) is 1.54. The Balaban J connectivity index is 2.47. The monoisotopic (exact) mass is 209 g/mol. The molecule has 0 atom stereocenters. The highest BCUT2D eigenvalue weighted by molar-refractivity contribution is 7.19. The number of nitrogens with two attached hydrogens (primary N) is 2. The molecule has 0 aliphatic rings. The zero-order chi connectivity index (χ0) is 10.1. The number of thiophene rings is 1. The second kappa shape index (κ2) is 3.26. The van der Waals surface area contributed by atoms with Crippen LogP contribution in [0.25, 0.3) is 10.4 Å². The van der Waals surface area contributed by atoms with Crippen molar-refractivity contribution in [3.05, 3.63) is 30.2 Å². The second-order valence-corrected chi connectivity index (χ2v) is 3.91. The van der Waals surface area contributed by atoms with Gasteiger partial charge in [0.05, 0.1) is 5.00 Å². The van der Waals surface area contributed by atoms with E-state index in [1.54, 1.807) is 6.07 Å². The molecule has 3 nitrogen and oxygen atoms in total. The van der Waals surface area contributed by atoms with E-state index in [9.17, 15) is 4.39 Å². The smallest absolute Gasteiger partial charge is 0.165 e. The summed E-state index contributed by atoms with van der Waals surface area (Å²) >= 11 is 1.39. The maximum Gasteiger partial charge on any atom is 0.165 e. The van der Waals surface area contributed by atoms with Crippen molar-refractivity contribution in [3.63, 3.8) is 0 Å². The summed E-state index contributed by atoms with van der Waals surface area (Å²) in [6.07, 6.45) is 1.53. The molecule has 0 radical (unpaired) electrons. The molecule has 4 N–H and O–H groups in total. The Labute approximate surface area is 84.2 Å². The van der Waals surface area contributed by atoms with Crippen LogP contribution in [0.5, 0.6) is 0 Å². The Bertz CT molecular complexity index is 467. The van der Waals surface area contributed by atoms with Crippen molar-refractivity contribution >= 4 is 22.2 Å². The van der Waals surface area contributed by atoms with E-state index in [0.717, 1.165) is 4.88 Å². The van der Waals surface area contributed by atoms with E-state index < -0.39 is 5.82 Å². The fourth-order valence-electron chi connectivity index (χ4n) is 1.09. The number of nitrogens with zero attached hydrogens (tertiary/aromatic N) is 1. The van der Waals surface area contributed by atoms with E-state index in [-0.39, 0.29) is 5.82 Å². The Morgan fingerprint density at radius 3 is 2.64 bits per heavy atom. The van der Waals surface area contributed by atoms with Crippen molar-refractivity contribution < 1.29 is 4.39 Å². The largest absolute Gasteiger partial charge is 0.391 e. The number of rotatable bonds is 1. The van der Waals surface area contributed by atoms with Crippen LogP contribution in [0.15, 0.2) is 24.4 Å². The minimum Gasteiger partial charge on any atom is -0.391 e. The van der Waals surface area contributed by atoms with Crippen molar-refractivity contribution in [2.24, 2.45) is 0 Å². The molecule has 2 heterocycles. The fraction of sp³-hybridized carbons (Fsp3) is 0. The lowest BCUT2D eigenvalue weighted by atomic mass is 10.2. The highest BCUT2D eigenvalue weighted by atomic mass is 32.1. The molecule has 2 aromatic heterocycles. The molecule has 0 aromatic carbocycles. The SMILES string of the molecule is Nc1ccc(-c2cnc(N)c(F)c2)s1. The Hall–Kier alpha value is -1.62. The van der Waals surface area contributed by atoms with Gasteiger partial charge in [-0.2, -0.15) is 0 Å². The number of anilines is 2. The Kier molecular flexibility index (Phi) is 2.09. The first-order chi connectivity index (χ1) is 6.66. The van der Waals surface area contributed by atoms with Crippen molar-refractivity contribution in [3.8, 4) is 10.4 Å². The molecule has 0 aliphatic heterocycles. The molecular formula is C9H8FN3S. The minimum absolute atomic E-state index is 0.0849. The second-order valence-electron chi connectivity index (χ2n) is 2.79. The highest BCUT2D eigenvalue weighted by Gasteiger charge is 2.05. The topological polar surface area (TPSA) is 64.9 Å². The first-order valence-corrected chi connectivity index (χ1v) is 4.75.